The summed E-state index contributed by atoms with van der Waals surface area (Å²) in [5, 5.41) is 1.44. The maximum atomic E-state index is 12.2. The Morgan fingerprint density at radius 1 is 1.31 bits per heavy atom. The summed E-state index contributed by atoms with van der Waals surface area (Å²) in [6.45, 7) is 6.26. The van der Waals surface area contributed by atoms with Crippen LogP contribution in [0.25, 0.3) is 0 Å². The van der Waals surface area contributed by atoms with E-state index >= 15 is 0 Å². The molecule has 1 aliphatic heterocycles. The van der Waals surface area contributed by atoms with Gasteiger partial charge < -0.3 is 0 Å². The second kappa shape index (κ2) is 3.91. The van der Waals surface area contributed by atoms with Crippen molar-refractivity contribution in [3.63, 3.8) is 0 Å². The standard InChI is InChI=1S/C13H17NO2/c1-13(2,3)12(15)14-11-7-5-4-6-10(11)8-9-16-14/h4-7H,8-9H2,1-3H3. The Bertz CT molecular complexity index is 407. The van der Waals surface area contributed by atoms with Gasteiger partial charge in [-0.05, 0) is 11.6 Å². The zero-order chi connectivity index (χ0) is 11.8. The van der Waals surface area contributed by atoms with Crippen molar-refractivity contribution in [1.29, 1.82) is 0 Å². The molecular formula is C13H17NO2. The second-order valence-corrected chi connectivity index (χ2v) is 5.06. The van der Waals surface area contributed by atoms with Crippen LogP contribution in [0.1, 0.15) is 26.3 Å². The normalized spacial score (nSPS) is 15.8. The van der Waals surface area contributed by atoms with Crippen LogP contribution in [0.5, 0.6) is 0 Å². The number of carbonyl (C=O) groups is 1. The van der Waals surface area contributed by atoms with E-state index in [0.717, 1.165) is 12.1 Å². The van der Waals surface area contributed by atoms with Crippen LogP contribution in [0.4, 0.5) is 5.69 Å². The van der Waals surface area contributed by atoms with Crippen molar-refractivity contribution in [2.45, 2.75) is 27.2 Å². The summed E-state index contributed by atoms with van der Waals surface area (Å²) < 4.78 is 0. The zero-order valence-corrected chi connectivity index (χ0v) is 9.99. The highest BCUT2D eigenvalue weighted by molar-refractivity contribution is 5.95. The number of nitrogens with zero attached hydrogens (tertiary/aromatic N) is 1. The van der Waals surface area contributed by atoms with Gasteiger partial charge in [0, 0.05) is 11.8 Å². The summed E-state index contributed by atoms with van der Waals surface area (Å²) in [6.07, 6.45) is 0.865. The quantitative estimate of drug-likeness (QED) is 0.671. The molecule has 0 N–H and O–H groups in total. The molecule has 16 heavy (non-hydrogen) atoms. The third kappa shape index (κ3) is 1.95. The number of rotatable bonds is 0. The lowest BCUT2D eigenvalue weighted by Gasteiger charge is -2.32. The number of benzene rings is 1. The lowest BCUT2D eigenvalue weighted by Crippen LogP contribution is -2.42. The Labute approximate surface area is 96.0 Å². The summed E-state index contributed by atoms with van der Waals surface area (Å²) in [6, 6.07) is 7.89. The molecule has 1 amide bonds. The van der Waals surface area contributed by atoms with Crippen LogP contribution in [-0.2, 0) is 16.1 Å². The molecule has 1 heterocycles. The molecule has 0 fully saturated rings. The van der Waals surface area contributed by atoms with E-state index < -0.39 is 5.41 Å². The maximum absolute atomic E-state index is 12.2. The average molecular weight is 219 g/mol. The Morgan fingerprint density at radius 2 is 2.00 bits per heavy atom. The van der Waals surface area contributed by atoms with Crippen molar-refractivity contribution in [2.24, 2.45) is 5.41 Å². The number of hydroxylamine groups is 1. The van der Waals surface area contributed by atoms with Crippen molar-refractivity contribution >= 4 is 11.6 Å². The molecule has 0 aromatic heterocycles. The molecule has 0 saturated carbocycles. The van der Waals surface area contributed by atoms with Crippen LogP contribution >= 0.6 is 0 Å². The topological polar surface area (TPSA) is 29.5 Å². The van der Waals surface area contributed by atoms with Crippen molar-refractivity contribution < 1.29 is 9.63 Å². The van der Waals surface area contributed by atoms with E-state index in [0.29, 0.717) is 6.61 Å². The summed E-state index contributed by atoms with van der Waals surface area (Å²) >= 11 is 0. The largest absolute Gasteiger partial charge is 0.272 e. The van der Waals surface area contributed by atoms with Gasteiger partial charge in [0.05, 0.1) is 12.3 Å². The fourth-order valence-corrected chi connectivity index (χ4v) is 1.71. The average Bonchev–Trinajstić information content (AvgIpc) is 2.26. The van der Waals surface area contributed by atoms with Crippen molar-refractivity contribution in [3.05, 3.63) is 29.8 Å². The lowest BCUT2D eigenvalue weighted by atomic mass is 9.94. The highest BCUT2D eigenvalue weighted by Gasteiger charge is 2.32. The van der Waals surface area contributed by atoms with E-state index in [-0.39, 0.29) is 5.91 Å². The third-order valence-corrected chi connectivity index (χ3v) is 2.63. The van der Waals surface area contributed by atoms with Crippen LogP contribution in [0.2, 0.25) is 0 Å². The first-order chi connectivity index (χ1) is 7.50. The van der Waals surface area contributed by atoms with Crippen molar-refractivity contribution in [1.82, 2.24) is 0 Å². The van der Waals surface area contributed by atoms with Crippen LogP contribution in [0.3, 0.4) is 0 Å². The highest BCUT2D eigenvalue weighted by Crippen LogP contribution is 2.29. The van der Waals surface area contributed by atoms with E-state index in [4.69, 9.17) is 4.84 Å². The molecule has 0 atom stereocenters. The van der Waals surface area contributed by atoms with Gasteiger partial charge >= 0.3 is 0 Å². The molecule has 2 rings (SSSR count). The molecular weight excluding hydrogens is 202 g/mol. The number of para-hydroxylation sites is 1. The number of carbonyl (C=O) groups excluding carboxylic acids is 1. The van der Waals surface area contributed by atoms with Gasteiger partial charge in [-0.25, -0.2) is 0 Å². The first kappa shape index (κ1) is 11.1. The van der Waals surface area contributed by atoms with Gasteiger partial charge in [0.25, 0.3) is 5.91 Å². The predicted octanol–water partition coefficient (Wildman–Crippen LogP) is 2.55. The molecule has 0 unspecified atom stereocenters. The Kier molecular flexibility index (Phi) is 2.72. The number of amides is 1. The van der Waals surface area contributed by atoms with Gasteiger partial charge in [-0.15, -0.1) is 0 Å². The Morgan fingerprint density at radius 3 is 2.69 bits per heavy atom. The van der Waals surface area contributed by atoms with Gasteiger partial charge in [-0.3, -0.25) is 9.63 Å². The molecule has 0 aliphatic carbocycles. The van der Waals surface area contributed by atoms with E-state index in [9.17, 15) is 4.79 Å². The van der Waals surface area contributed by atoms with Gasteiger partial charge in [-0.1, -0.05) is 39.0 Å². The number of anilines is 1. The van der Waals surface area contributed by atoms with E-state index in [1.807, 2.05) is 45.0 Å². The van der Waals surface area contributed by atoms with Crippen LogP contribution in [-0.4, -0.2) is 12.5 Å². The fraction of sp³-hybridized carbons (Fsp3) is 0.462. The molecule has 0 saturated heterocycles. The van der Waals surface area contributed by atoms with Crippen LogP contribution < -0.4 is 5.06 Å². The van der Waals surface area contributed by atoms with E-state index in [2.05, 4.69) is 0 Å². The first-order valence-electron chi connectivity index (χ1n) is 5.55. The van der Waals surface area contributed by atoms with Crippen molar-refractivity contribution in [2.75, 3.05) is 11.7 Å². The molecule has 1 aliphatic rings. The van der Waals surface area contributed by atoms with Crippen LogP contribution in [0.15, 0.2) is 24.3 Å². The molecule has 1 aromatic rings. The van der Waals surface area contributed by atoms with Gasteiger partial charge in [0.1, 0.15) is 0 Å². The summed E-state index contributed by atoms with van der Waals surface area (Å²) in [4.78, 5) is 17.7. The Balaban J connectivity index is 2.36. The van der Waals surface area contributed by atoms with Gasteiger partial charge in [0.2, 0.25) is 0 Å². The van der Waals surface area contributed by atoms with E-state index in [1.54, 1.807) is 0 Å². The lowest BCUT2D eigenvalue weighted by molar-refractivity contribution is -0.134. The minimum atomic E-state index is -0.426. The minimum Gasteiger partial charge on any atom is -0.272 e. The number of hydrogen-bond donors (Lipinski definition) is 0. The molecule has 0 spiro atoms. The molecule has 86 valence electrons. The van der Waals surface area contributed by atoms with Gasteiger partial charge in [-0.2, -0.15) is 5.06 Å². The SMILES string of the molecule is CC(C)(C)C(=O)N1OCCc2ccccc21. The summed E-state index contributed by atoms with van der Waals surface area (Å²) in [5.74, 6) is -0.000324. The summed E-state index contributed by atoms with van der Waals surface area (Å²) in [7, 11) is 0. The highest BCUT2D eigenvalue weighted by atomic mass is 16.7. The number of fused-ring (bicyclic) bond motifs is 1. The van der Waals surface area contributed by atoms with Crippen LogP contribution in [0, 0.1) is 5.41 Å². The smallest absolute Gasteiger partial charge is 0.256 e. The third-order valence-electron chi connectivity index (χ3n) is 2.63. The second-order valence-electron chi connectivity index (χ2n) is 5.06. The molecule has 3 heteroatoms. The zero-order valence-electron chi connectivity index (χ0n) is 9.99. The first-order valence-corrected chi connectivity index (χ1v) is 5.55. The Hall–Kier alpha value is -1.35. The predicted molar refractivity (Wildman–Crippen MR) is 63.0 cm³/mol. The van der Waals surface area contributed by atoms with E-state index in [1.165, 1.54) is 10.6 Å². The monoisotopic (exact) mass is 219 g/mol. The molecule has 0 radical (unpaired) electrons. The number of hydrogen-bond acceptors (Lipinski definition) is 2. The van der Waals surface area contributed by atoms with Crippen molar-refractivity contribution in [3.8, 4) is 0 Å². The minimum absolute atomic E-state index is 0.000324. The molecule has 1 aromatic carbocycles. The summed E-state index contributed by atoms with van der Waals surface area (Å²) in [5.41, 5.74) is 1.63. The molecule has 3 nitrogen and oxygen atoms in total. The fourth-order valence-electron chi connectivity index (χ4n) is 1.71. The molecule has 0 bridgehead atoms. The van der Waals surface area contributed by atoms with Gasteiger partial charge in [0.15, 0.2) is 0 Å². The maximum Gasteiger partial charge on any atom is 0.256 e.